The number of nitrogens with zero attached hydrogens (tertiary/aromatic N) is 4. The van der Waals surface area contributed by atoms with Gasteiger partial charge in [-0.05, 0) is 55.5 Å². The number of imidazole rings is 1. The number of aryl methyl sites for hydroxylation is 5. The molecule has 4 heterocycles. The van der Waals surface area contributed by atoms with Crippen LogP contribution in [0.4, 0.5) is 4.39 Å². The van der Waals surface area contributed by atoms with E-state index in [9.17, 15) is 4.39 Å². The largest absolute Gasteiger partial charge is 0 e. The van der Waals surface area contributed by atoms with E-state index in [1.807, 2.05) is 0 Å². The zero-order valence-electron chi connectivity index (χ0n) is 38.1. The monoisotopic (exact) mass is 1020 g/mol. The van der Waals surface area contributed by atoms with Crippen LogP contribution in [0.5, 0.6) is 0 Å². The number of halogens is 1. The van der Waals surface area contributed by atoms with Gasteiger partial charge in [0.1, 0.15) is 0 Å². The zero-order chi connectivity index (χ0) is 43.8. The molecule has 0 spiro atoms. The third-order valence-corrected chi connectivity index (χ3v) is 15.0. The molecular formula is C51H49FGeIrN4O-2. The summed E-state index contributed by atoms with van der Waals surface area (Å²) in [4.78, 5) is 14.6. The van der Waals surface area contributed by atoms with Gasteiger partial charge in [-0.15, -0.1) is 17.7 Å². The second-order valence-corrected chi connectivity index (χ2v) is 28.0. The normalized spacial score (nSPS) is 12.9. The van der Waals surface area contributed by atoms with E-state index in [0.29, 0.717) is 22.5 Å². The fourth-order valence-electron chi connectivity index (χ4n) is 7.96. The average Bonchev–Trinajstić information content (AvgIpc) is 3.77. The van der Waals surface area contributed by atoms with Crippen LogP contribution >= 0.6 is 0 Å². The molecule has 9 rings (SSSR count). The van der Waals surface area contributed by atoms with E-state index in [1.165, 1.54) is 39.6 Å². The van der Waals surface area contributed by atoms with Gasteiger partial charge in [-0.25, -0.2) is 4.98 Å². The topological polar surface area (TPSA) is 56.7 Å². The van der Waals surface area contributed by atoms with Crippen molar-refractivity contribution in [3.05, 3.63) is 149 Å². The number of hydrogen-bond acceptors (Lipinski definition) is 4. The maximum atomic E-state index is 13.0. The molecule has 59 heavy (non-hydrogen) atoms. The molecule has 1 radical (unpaired) electrons. The van der Waals surface area contributed by atoms with Crippen molar-refractivity contribution in [2.45, 2.75) is 78.0 Å². The minimum Gasteiger partial charge on any atom is 0 e. The summed E-state index contributed by atoms with van der Waals surface area (Å²) in [7, 11) is 0. The van der Waals surface area contributed by atoms with Gasteiger partial charge in [-0.2, -0.15) is 0 Å². The predicted octanol–water partition coefficient (Wildman–Crippen LogP) is 13.0. The number of rotatable bonds is 4. The average molecular weight is 1020 g/mol. The maximum absolute atomic E-state index is 13.0. The molecule has 8 heteroatoms. The third-order valence-electron chi connectivity index (χ3n) is 10.8. The van der Waals surface area contributed by atoms with Crippen LogP contribution in [0.25, 0.3) is 72.2 Å². The molecule has 5 aromatic carbocycles. The van der Waals surface area contributed by atoms with Gasteiger partial charge in [0.2, 0.25) is 5.71 Å². The van der Waals surface area contributed by atoms with E-state index in [0.717, 1.165) is 60.1 Å². The van der Waals surface area contributed by atoms with Gasteiger partial charge < -0.3 is 8.98 Å². The number of aromatic nitrogens is 4. The van der Waals surface area contributed by atoms with E-state index in [1.54, 1.807) is 18.3 Å². The number of furan rings is 1. The summed E-state index contributed by atoms with van der Waals surface area (Å²) in [6, 6.07) is 35.7. The van der Waals surface area contributed by atoms with Crippen molar-refractivity contribution in [2.24, 2.45) is 0 Å². The minimum atomic E-state index is -2.34. The second kappa shape index (κ2) is 15.9. The van der Waals surface area contributed by atoms with E-state index >= 15 is 0 Å². The van der Waals surface area contributed by atoms with Gasteiger partial charge >= 0.3 is 114 Å². The van der Waals surface area contributed by atoms with E-state index in [4.69, 9.17) is 18.5 Å². The molecule has 0 aliphatic carbocycles. The first-order valence-corrected chi connectivity index (χ1v) is 27.0. The van der Waals surface area contributed by atoms with E-state index in [2.05, 4.69) is 154 Å². The van der Waals surface area contributed by atoms with Gasteiger partial charge in [0.25, 0.3) is 0 Å². The molecule has 0 unspecified atom stereocenters. The number of fused-ring (bicyclic) bond motifs is 6. The first-order chi connectivity index (χ1) is 28.7. The fraction of sp³-hybridized carbons (Fsp3) is 0.235. The Balaban J connectivity index is 0.000000223. The first-order valence-electron chi connectivity index (χ1n) is 21.1. The van der Waals surface area contributed by atoms with Crippen LogP contribution in [0.3, 0.4) is 0 Å². The SMILES string of the molecule is Cc1cc(C)c(-n2c(-c3[c-]cc(C)c4c3oc3nc(C(C)(C)C)ccc34)nc3ccc4ccccc4c32)c(C)c1.[2H]C([2H])([2H])c1cc(-c2[c-]cc(F)cc2)nc[c]1[Ge]([CH3])([CH3])[CH3].[Ir]. The predicted molar refractivity (Wildman–Crippen MR) is 242 cm³/mol. The van der Waals surface area contributed by atoms with Crippen molar-refractivity contribution in [2.75, 3.05) is 0 Å². The van der Waals surface area contributed by atoms with Gasteiger partial charge in [0.15, 0.2) is 0 Å². The first kappa shape index (κ1) is 38.3. The summed E-state index contributed by atoms with van der Waals surface area (Å²) in [5, 5.41) is 4.44. The Morgan fingerprint density at radius 1 is 0.797 bits per heavy atom. The summed E-state index contributed by atoms with van der Waals surface area (Å²) in [5.41, 5.74) is 12.6. The quantitative estimate of drug-likeness (QED) is 0.130. The second-order valence-electron chi connectivity index (χ2n) is 17.4. The van der Waals surface area contributed by atoms with Gasteiger partial charge in [0.05, 0.1) is 22.4 Å². The van der Waals surface area contributed by atoms with Crippen LogP contribution < -0.4 is 4.40 Å². The standard InChI is InChI=1S/C36H32N3O.C15H17FGeN.Ir/c1-20-18-22(3)31(23(4)19-20)39-32-25-11-9-8-10-24(25)13-16-28(32)37-34(39)27-14-12-21(2)30-26-15-17-29(36(5,6)7)38-35(26)40-33(27)30;1-11-9-15(12-5-7-13(16)8-6-12)18-10-14(11)17(2,3)4;/h8-13,15-19H,1-7H3;5,7-10H,1-4H3;/q2*-1;/i;1D3;. The summed E-state index contributed by atoms with van der Waals surface area (Å²) in [5.74, 6) is 6.85. The van der Waals surface area contributed by atoms with Crippen LogP contribution in [0.2, 0.25) is 17.3 Å². The molecule has 0 saturated heterocycles. The summed E-state index contributed by atoms with van der Waals surface area (Å²) >= 11 is -2.34. The van der Waals surface area contributed by atoms with Crippen molar-refractivity contribution in [3.63, 3.8) is 0 Å². The summed E-state index contributed by atoms with van der Waals surface area (Å²) in [6.07, 6.45) is 1.67. The summed E-state index contributed by atoms with van der Waals surface area (Å²) in [6.45, 7) is 13.0. The number of benzene rings is 5. The zero-order valence-corrected chi connectivity index (χ0v) is 39.6. The summed E-state index contributed by atoms with van der Waals surface area (Å²) < 4.78 is 46.0. The smallest absolute Gasteiger partial charge is 0 e. The molecule has 0 N–H and O–H groups in total. The number of pyridine rings is 2. The van der Waals surface area contributed by atoms with Crippen LogP contribution in [0.1, 0.15) is 58.4 Å². The van der Waals surface area contributed by atoms with Crippen molar-refractivity contribution < 1.29 is 33.0 Å². The van der Waals surface area contributed by atoms with Crippen LogP contribution in [0, 0.1) is 52.5 Å². The molecule has 0 saturated carbocycles. The Bertz CT molecular complexity index is 3140. The van der Waals surface area contributed by atoms with Crippen LogP contribution in [0.15, 0.2) is 102 Å². The Morgan fingerprint density at radius 3 is 2.22 bits per heavy atom. The molecular weight excluding hydrogens is 968 g/mol. The van der Waals surface area contributed by atoms with Crippen molar-refractivity contribution >= 4 is 61.5 Å². The van der Waals surface area contributed by atoms with Gasteiger partial charge in [0, 0.05) is 47.7 Å². The molecule has 0 aliphatic rings. The van der Waals surface area contributed by atoms with E-state index in [-0.39, 0.29) is 31.3 Å². The van der Waals surface area contributed by atoms with Gasteiger partial charge in [-0.1, -0.05) is 86.7 Å². The molecule has 0 amide bonds. The molecule has 0 atom stereocenters. The fourth-order valence-corrected chi connectivity index (χ4v) is 10.8. The molecule has 0 bridgehead atoms. The van der Waals surface area contributed by atoms with Crippen LogP contribution in [-0.2, 0) is 25.5 Å². The van der Waals surface area contributed by atoms with E-state index < -0.39 is 20.1 Å². The Morgan fingerprint density at radius 2 is 1.54 bits per heavy atom. The van der Waals surface area contributed by atoms with Crippen molar-refractivity contribution in [1.29, 1.82) is 0 Å². The van der Waals surface area contributed by atoms with Crippen molar-refractivity contribution in [1.82, 2.24) is 19.5 Å². The Kier molecular flexibility index (Phi) is 10.3. The minimum absolute atomic E-state index is 0. The molecule has 0 fully saturated rings. The molecule has 9 aromatic rings. The van der Waals surface area contributed by atoms with Crippen molar-refractivity contribution in [3.8, 4) is 28.3 Å². The number of hydrogen-bond donors (Lipinski definition) is 0. The Hall–Kier alpha value is -4.95. The Labute approximate surface area is 367 Å². The molecule has 301 valence electrons. The third kappa shape index (κ3) is 7.93. The van der Waals surface area contributed by atoms with Gasteiger partial charge in [-0.3, -0.25) is 4.98 Å². The molecule has 4 aromatic heterocycles. The maximum Gasteiger partial charge on any atom is 0 e. The molecule has 0 aliphatic heterocycles. The van der Waals surface area contributed by atoms with Crippen LogP contribution in [-0.4, -0.2) is 32.8 Å². The molecule has 5 nitrogen and oxygen atoms in total.